The average molecular weight is 564 g/mol. The summed E-state index contributed by atoms with van der Waals surface area (Å²) in [6, 6.07) is 8.44. The van der Waals surface area contributed by atoms with E-state index in [9.17, 15) is 5.11 Å². The molecule has 3 aliphatic rings. The highest BCUT2D eigenvalue weighted by molar-refractivity contribution is 6.74. The van der Waals surface area contributed by atoms with Gasteiger partial charge >= 0.3 is 0 Å². The van der Waals surface area contributed by atoms with Gasteiger partial charge in [-0.25, -0.2) is 0 Å². The molecule has 2 aromatic rings. The van der Waals surface area contributed by atoms with Crippen LogP contribution in [-0.4, -0.2) is 18.4 Å². The molecule has 40 heavy (non-hydrogen) atoms. The molecule has 220 valence electrons. The number of rotatable bonds is 5. The van der Waals surface area contributed by atoms with Gasteiger partial charge in [0.25, 0.3) is 0 Å². The Hall–Kier alpha value is -1.53. The maximum Gasteiger partial charge on any atom is 0.192 e. The van der Waals surface area contributed by atoms with Gasteiger partial charge in [0, 0.05) is 22.5 Å². The lowest BCUT2D eigenvalue weighted by molar-refractivity contribution is -0.0579. The first-order valence-corrected chi connectivity index (χ1v) is 18.5. The van der Waals surface area contributed by atoms with Gasteiger partial charge in [0.05, 0.1) is 17.3 Å². The smallest absolute Gasteiger partial charge is 0.192 e. The normalized spacial score (nSPS) is 24.0. The maximum absolute atomic E-state index is 10.6. The molecule has 1 spiro atoms. The molecule has 0 bridgehead atoms. The molecule has 0 radical (unpaired) electrons. The lowest BCUT2D eigenvalue weighted by Crippen LogP contribution is -2.44. The van der Waals surface area contributed by atoms with Crippen molar-refractivity contribution in [2.75, 3.05) is 0 Å². The molecular formula is C35H53NO3Si. The summed E-state index contributed by atoms with van der Waals surface area (Å²) in [6.07, 6.45) is 6.39. The van der Waals surface area contributed by atoms with Gasteiger partial charge in [-0.15, -0.1) is 0 Å². The number of fused-ring (bicyclic) bond motifs is 4. The van der Waals surface area contributed by atoms with Crippen LogP contribution in [0.5, 0.6) is 0 Å². The van der Waals surface area contributed by atoms with Crippen LogP contribution in [0.25, 0.3) is 0 Å². The molecule has 4 nitrogen and oxygen atoms in total. The summed E-state index contributed by atoms with van der Waals surface area (Å²) >= 11 is 0. The van der Waals surface area contributed by atoms with E-state index in [0.717, 1.165) is 36.8 Å². The van der Waals surface area contributed by atoms with E-state index in [1.807, 2.05) is 13.8 Å². The lowest BCUT2D eigenvalue weighted by atomic mass is 9.70. The first-order chi connectivity index (χ1) is 18.4. The average Bonchev–Trinajstić information content (AvgIpc) is 3.41. The quantitative estimate of drug-likeness (QED) is 0.368. The molecule has 5 heteroatoms. The predicted octanol–water partition coefficient (Wildman–Crippen LogP) is 9.36. The third-order valence-corrected chi connectivity index (χ3v) is 14.8. The van der Waals surface area contributed by atoms with Gasteiger partial charge in [-0.2, -0.15) is 0 Å². The minimum Gasteiger partial charge on any atom is -0.410 e. The summed E-state index contributed by atoms with van der Waals surface area (Å²) < 4.78 is 14.6. The summed E-state index contributed by atoms with van der Waals surface area (Å²) in [4.78, 5) is 5.53. The Kier molecular flexibility index (Phi) is 7.30. The molecule has 0 amide bonds. The van der Waals surface area contributed by atoms with Crippen LogP contribution >= 0.6 is 0 Å². The molecule has 1 aliphatic heterocycles. The number of pyridine rings is 1. The number of hydrogen-bond acceptors (Lipinski definition) is 4. The van der Waals surface area contributed by atoms with Gasteiger partial charge in [0.15, 0.2) is 8.32 Å². The van der Waals surface area contributed by atoms with Gasteiger partial charge in [-0.05, 0) is 85.7 Å². The molecule has 1 fully saturated rings. The molecule has 5 rings (SSSR count). The molecular weight excluding hydrogens is 510 g/mol. The van der Waals surface area contributed by atoms with E-state index < -0.39 is 13.9 Å². The zero-order valence-electron chi connectivity index (χ0n) is 27.0. The highest BCUT2D eigenvalue weighted by atomic mass is 28.4. The second-order valence-corrected chi connectivity index (χ2v) is 20.8. The number of hydrogen-bond donors (Lipinski definition) is 1. The fraction of sp³-hybridized carbons (Fsp3) is 0.686. The Labute approximate surface area is 244 Å². The van der Waals surface area contributed by atoms with Crippen LogP contribution in [0.2, 0.25) is 18.1 Å². The van der Waals surface area contributed by atoms with Crippen molar-refractivity contribution in [2.24, 2.45) is 5.41 Å². The first kappa shape index (κ1) is 29.9. The van der Waals surface area contributed by atoms with E-state index >= 15 is 0 Å². The van der Waals surface area contributed by atoms with Crippen molar-refractivity contribution in [3.8, 4) is 0 Å². The highest BCUT2D eigenvalue weighted by Gasteiger charge is 2.54. The number of aliphatic hydroxyl groups is 1. The number of benzene rings is 1. The van der Waals surface area contributed by atoms with Gasteiger partial charge in [-0.1, -0.05) is 85.6 Å². The molecule has 2 heterocycles. The van der Waals surface area contributed by atoms with Crippen LogP contribution in [0, 0.1) is 5.41 Å². The monoisotopic (exact) mass is 563 g/mol. The van der Waals surface area contributed by atoms with Gasteiger partial charge < -0.3 is 14.3 Å². The van der Waals surface area contributed by atoms with Crippen LogP contribution in [0.1, 0.15) is 152 Å². The summed E-state index contributed by atoms with van der Waals surface area (Å²) in [7, 11) is -2.04. The molecule has 1 saturated carbocycles. The Morgan fingerprint density at radius 2 is 1.60 bits per heavy atom. The van der Waals surface area contributed by atoms with Crippen LogP contribution in [-0.2, 0) is 26.8 Å². The van der Waals surface area contributed by atoms with Crippen molar-refractivity contribution in [1.29, 1.82) is 0 Å². The zero-order valence-corrected chi connectivity index (χ0v) is 28.0. The fourth-order valence-electron chi connectivity index (χ4n) is 7.08. The molecule has 1 N–H and O–H groups in total. The van der Waals surface area contributed by atoms with Crippen LogP contribution < -0.4 is 0 Å². The van der Waals surface area contributed by atoms with Crippen molar-refractivity contribution >= 4 is 8.32 Å². The summed E-state index contributed by atoms with van der Waals surface area (Å²) in [6.45, 7) is 24.8. The molecule has 1 aromatic heterocycles. The third kappa shape index (κ3) is 5.14. The van der Waals surface area contributed by atoms with Crippen molar-refractivity contribution in [1.82, 2.24) is 4.98 Å². The minimum absolute atomic E-state index is 0.0412. The first-order valence-electron chi connectivity index (χ1n) is 15.6. The van der Waals surface area contributed by atoms with Crippen LogP contribution in [0.15, 0.2) is 24.3 Å². The van der Waals surface area contributed by atoms with Gasteiger partial charge in [0.1, 0.15) is 6.10 Å². The van der Waals surface area contributed by atoms with Crippen molar-refractivity contribution in [2.45, 2.75) is 148 Å². The number of aromatic nitrogens is 1. The van der Waals surface area contributed by atoms with E-state index in [2.05, 4.69) is 85.8 Å². The van der Waals surface area contributed by atoms with E-state index in [4.69, 9.17) is 14.1 Å². The van der Waals surface area contributed by atoms with E-state index in [-0.39, 0.29) is 28.3 Å². The Balaban J connectivity index is 1.75. The maximum atomic E-state index is 10.6. The summed E-state index contributed by atoms with van der Waals surface area (Å²) in [5.41, 5.74) is 7.58. The lowest BCUT2D eigenvalue weighted by Gasteiger charge is -2.45. The van der Waals surface area contributed by atoms with Gasteiger partial charge in [-0.3, -0.25) is 4.98 Å². The van der Waals surface area contributed by atoms with E-state index in [1.165, 1.54) is 40.9 Å². The van der Waals surface area contributed by atoms with Crippen molar-refractivity contribution in [3.05, 3.63) is 63.5 Å². The molecule has 2 atom stereocenters. The molecule has 2 unspecified atom stereocenters. The van der Waals surface area contributed by atoms with E-state index in [0.29, 0.717) is 5.92 Å². The molecule has 2 aliphatic carbocycles. The van der Waals surface area contributed by atoms with Crippen LogP contribution in [0.4, 0.5) is 0 Å². The largest absolute Gasteiger partial charge is 0.410 e. The Bertz CT molecular complexity index is 1260. The summed E-state index contributed by atoms with van der Waals surface area (Å²) in [5, 5.41) is 10.7. The second kappa shape index (κ2) is 9.76. The standard InChI is InChI=1S/C35H53NO3Si/c1-22(2)30-28-29(27-25(36-30)20-33(6,7)21-26(27)39-40(10,11)32(3,4)5)35(18-12-13-19-35)38-31(28)23-14-16-24(17-15-23)34(8,9)37/h14-17,22,26,31,37H,12-13,18-21H2,1-11H3. The highest BCUT2D eigenvalue weighted by Crippen LogP contribution is 2.60. The second-order valence-electron chi connectivity index (χ2n) is 16.1. The fourth-order valence-corrected chi connectivity index (χ4v) is 8.35. The zero-order chi connectivity index (χ0) is 29.5. The Morgan fingerprint density at radius 1 is 1.00 bits per heavy atom. The van der Waals surface area contributed by atoms with Crippen molar-refractivity contribution in [3.63, 3.8) is 0 Å². The SMILES string of the molecule is CC(C)c1nc2c(c3c1C(c1ccc(C(C)(C)O)cc1)OC31CCCC1)C(O[Si](C)(C)C(C)(C)C)CC(C)(C)C2. The minimum atomic E-state index is -2.04. The number of ether oxygens (including phenoxy) is 1. The summed E-state index contributed by atoms with van der Waals surface area (Å²) in [5.74, 6) is 0.294. The molecule has 1 aromatic carbocycles. The van der Waals surface area contributed by atoms with Crippen molar-refractivity contribution < 1.29 is 14.3 Å². The predicted molar refractivity (Wildman–Crippen MR) is 166 cm³/mol. The Morgan fingerprint density at radius 3 is 2.12 bits per heavy atom. The third-order valence-electron chi connectivity index (χ3n) is 10.3. The van der Waals surface area contributed by atoms with Gasteiger partial charge in [0.2, 0.25) is 0 Å². The number of nitrogens with zero attached hydrogens (tertiary/aromatic N) is 1. The topological polar surface area (TPSA) is 51.6 Å². The molecule has 0 saturated heterocycles. The van der Waals surface area contributed by atoms with Crippen LogP contribution in [0.3, 0.4) is 0 Å². The van der Waals surface area contributed by atoms with E-state index in [1.54, 1.807) is 0 Å².